The monoisotopic (exact) mass is 168 g/mol. The highest BCUT2D eigenvalue weighted by Crippen LogP contribution is 2.15. The van der Waals surface area contributed by atoms with Crippen molar-refractivity contribution in [3.05, 3.63) is 35.9 Å². The Morgan fingerprint density at radius 2 is 1.75 bits per heavy atom. The van der Waals surface area contributed by atoms with E-state index in [1.807, 2.05) is 18.2 Å². The van der Waals surface area contributed by atoms with Gasteiger partial charge in [0.15, 0.2) is 0 Å². The van der Waals surface area contributed by atoms with Crippen LogP contribution in [0.2, 0.25) is 0 Å². The second kappa shape index (κ2) is 3.65. The van der Waals surface area contributed by atoms with E-state index in [0.717, 1.165) is 5.56 Å². The van der Waals surface area contributed by atoms with Gasteiger partial charge in [-0.1, -0.05) is 30.3 Å². The number of nitrogens with two attached hydrogens (primary N) is 2. The molecule has 4 N–H and O–H groups in total. The molecule has 0 atom stereocenters. The van der Waals surface area contributed by atoms with Crippen LogP contribution in [0, 0.1) is 0 Å². The first kappa shape index (κ1) is 9.16. The molecule has 1 aromatic carbocycles. The van der Waals surface area contributed by atoms with Crippen molar-refractivity contribution in [2.75, 3.05) is 6.67 Å². The first-order valence-electron chi connectivity index (χ1n) is 3.86. The van der Waals surface area contributed by atoms with E-state index in [-0.39, 0.29) is 6.42 Å². The smallest absolute Gasteiger partial charge is 0.0928 e. The summed E-state index contributed by atoms with van der Waals surface area (Å²) in [6.07, 6.45) is 0.150. The first-order valence-corrected chi connectivity index (χ1v) is 3.86. The van der Waals surface area contributed by atoms with Crippen LogP contribution in [0.5, 0.6) is 0 Å². The predicted octanol–water partition coefficient (Wildman–Crippen LogP) is 1.12. The Bertz CT molecular complexity index is 234. The Balaban J connectivity index is 2.82. The average molecular weight is 168 g/mol. The summed E-state index contributed by atoms with van der Waals surface area (Å²) in [7, 11) is 0. The molecular formula is C9H13FN2. The quantitative estimate of drug-likeness (QED) is 0.664. The predicted molar refractivity (Wildman–Crippen MR) is 47.1 cm³/mol. The van der Waals surface area contributed by atoms with Crippen LogP contribution >= 0.6 is 0 Å². The van der Waals surface area contributed by atoms with Gasteiger partial charge in [0.25, 0.3) is 0 Å². The van der Waals surface area contributed by atoms with Crippen molar-refractivity contribution >= 4 is 0 Å². The van der Waals surface area contributed by atoms with Gasteiger partial charge in [-0.2, -0.15) is 0 Å². The molecule has 0 spiro atoms. The zero-order chi connectivity index (χ0) is 9.03. The summed E-state index contributed by atoms with van der Waals surface area (Å²) >= 11 is 0. The topological polar surface area (TPSA) is 52.0 Å². The summed E-state index contributed by atoms with van der Waals surface area (Å²) in [4.78, 5) is 0. The number of benzene rings is 1. The second-order valence-electron chi connectivity index (χ2n) is 2.85. The maximum atomic E-state index is 12.0. The average Bonchev–Trinajstić information content (AvgIpc) is 2.06. The van der Waals surface area contributed by atoms with Gasteiger partial charge in [-0.15, -0.1) is 0 Å². The molecule has 0 aliphatic heterocycles. The lowest BCUT2D eigenvalue weighted by atomic mass is 9.99. The minimum atomic E-state index is -1.03. The van der Waals surface area contributed by atoms with E-state index in [1.165, 1.54) is 0 Å². The molecule has 12 heavy (non-hydrogen) atoms. The summed E-state index contributed by atoms with van der Waals surface area (Å²) in [6.45, 7) is -0.498. The molecule has 0 fully saturated rings. The maximum absolute atomic E-state index is 12.0. The SMILES string of the molecule is NC(N)(CCF)c1ccccc1. The number of alkyl halides is 1. The molecule has 0 amide bonds. The lowest BCUT2D eigenvalue weighted by Crippen LogP contribution is -2.46. The summed E-state index contributed by atoms with van der Waals surface area (Å²) < 4.78 is 12.0. The molecule has 0 bridgehead atoms. The fourth-order valence-electron chi connectivity index (χ4n) is 1.05. The van der Waals surface area contributed by atoms with Gasteiger partial charge in [-0.25, -0.2) is 0 Å². The van der Waals surface area contributed by atoms with Gasteiger partial charge in [0.2, 0.25) is 0 Å². The molecule has 1 aromatic rings. The Hall–Kier alpha value is -0.930. The number of hydrogen-bond donors (Lipinski definition) is 2. The molecule has 0 saturated carbocycles. The third-order valence-electron chi connectivity index (χ3n) is 1.82. The molecule has 0 aromatic heterocycles. The summed E-state index contributed by atoms with van der Waals surface area (Å²) in [6, 6.07) is 9.14. The zero-order valence-electron chi connectivity index (χ0n) is 6.83. The number of hydrogen-bond acceptors (Lipinski definition) is 2. The van der Waals surface area contributed by atoms with E-state index < -0.39 is 12.3 Å². The number of halogens is 1. The first-order chi connectivity index (χ1) is 5.67. The van der Waals surface area contributed by atoms with E-state index in [2.05, 4.69) is 0 Å². The van der Waals surface area contributed by atoms with Gasteiger partial charge in [-0.3, -0.25) is 4.39 Å². The highest BCUT2D eigenvalue weighted by molar-refractivity contribution is 5.22. The number of rotatable bonds is 3. The molecule has 0 radical (unpaired) electrons. The largest absolute Gasteiger partial charge is 0.310 e. The normalized spacial score (nSPS) is 11.6. The van der Waals surface area contributed by atoms with Crippen molar-refractivity contribution in [2.45, 2.75) is 12.1 Å². The second-order valence-corrected chi connectivity index (χ2v) is 2.85. The van der Waals surface area contributed by atoms with Crippen molar-refractivity contribution < 1.29 is 4.39 Å². The summed E-state index contributed by atoms with van der Waals surface area (Å²) in [5.41, 5.74) is 11.1. The van der Waals surface area contributed by atoms with Crippen molar-refractivity contribution in [1.29, 1.82) is 0 Å². The fourth-order valence-corrected chi connectivity index (χ4v) is 1.05. The van der Waals surface area contributed by atoms with E-state index in [4.69, 9.17) is 11.5 Å². The van der Waals surface area contributed by atoms with Crippen LogP contribution in [0.25, 0.3) is 0 Å². The molecule has 66 valence electrons. The van der Waals surface area contributed by atoms with Crippen molar-refractivity contribution in [3.63, 3.8) is 0 Å². The van der Waals surface area contributed by atoms with Gasteiger partial charge in [0, 0.05) is 6.42 Å². The van der Waals surface area contributed by atoms with E-state index in [1.54, 1.807) is 12.1 Å². The van der Waals surface area contributed by atoms with Crippen LogP contribution in [0.15, 0.2) is 30.3 Å². The molecule has 0 aliphatic rings. The summed E-state index contributed by atoms with van der Waals surface area (Å²) in [5, 5.41) is 0. The highest BCUT2D eigenvalue weighted by atomic mass is 19.1. The molecule has 0 saturated heterocycles. The van der Waals surface area contributed by atoms with Crippen molar-refractivity contribution in [3.8, 4) is 0 Å². The maximum Gasteiger partial charge on any atom is 0.0928 e. The molecule has 0 unspecified atom stereocenters. The van der Waals surface area contributed by atoms with E-state index >= 15 is 0 Å². The van der Waals surface area contributed by atoms with Crippen LogP contribution in [-0.2, 0) is 5.66 Å². The third kappa shape index (κ3) is 2.03. The van der Waals surface area contributed by atoms with Gasteiger partial charge in [-0.05, 0) is 5.56 Å². The van der Waals surface area contributed by atoms with Gasteiger partial charge in [0.1, 0.15) is 0 Å². The lowest BCUT2D eigenvalue weighted by molar-refractivity contribution is 0.349. The van der Waals surface area contributed by atoms with Gasteiger partial charge in [0.05, 0.1) is 12.3 Å². The molecule has 2 nitrogen and oxygen atoms in total. The minimum Gasteiger partial charge on any atom is -0.310 e. The van der Waals surface area contributed by atoms with Crippen molar-refractivity contribution in [2.24, 2.45) is 11.5 Å². The highest BCUT2D eigenvalue weighted by Gasteiger charge is 2.20. The standard InChI is InChI=1S/C9H13FN2/c10-7-6-9(11,12)8-4-2-1-3-5-8/h1-5H,6-7,11-12H2. The van der Waals surface area contributed by atoms with Crippen LogP contribution in [0.1, 0.15) is 12.0 Å². The molecule has 0 heterocycles. The Kier molecular flexibility index (Phi) is 2.78. The van der Waals surface area contributed by atoms with Crippen LogP contribution < -0.4 is 11.5 Å². The van der Waals surface area contributed by atoms with Crippen LogP contribution in [0.4, 0.5) is 4.39 Å². The molecular weight excluding hydrogens is 155 g/mol. The van der Waals surface area contributed by atoms with Crippen molar-refractivity contribution in [1.82, 2.24) is 0 Å². The molecule has 3 heteroatoms. The summed E-state index contributed by atoms with van der Waals surface area (Å²) in [5.74, 6) is 0. The van der Waals surface area contributed by atoms with E-state index in [9.17, 15) is 4.39 Å². The fraction of sp³-hybridized carbons (Fsp3) is 0.333. The van der Waals surface area contributed by atoms with Gasteiger partial charge < -0.3 is 11.5 Å². The van der Waals surface area contributed by atoms with E-state index in [0.29, 0.717) is 0 Å². The lowest BCUT2D eigenvalue weighted by Gasteiger charge is -2.23. The Morgan fingerprint density at radius 3 is 2.25 bits per heavy atom. The zero-order valence-corrected chi connectivity index (χ0v) is 6.83. The van der Waals surface area contributed by atoms with Crippen LogP contribution in [0.3, 0.4) is 0 Å². The van der Waals surface area contributed by atoms with Gasteiger partial charge >= 0.3 is 0 Å². The van der Waals surface area contributed by atoms with Crippen LogP contribution in [-0.4, -0.2) is 6.67 Å². The molecule has 1 rings (SSSR count). The Morgan fingerprint density at radius 1 is 1.17 bits per heavy atom. The minimum absolute atomic E-state index is 0.150. The third-order valence-corrected chi connectivity index (χ3v) is 1.82. The Labute approximate surface area is 71.4 Å². The molecule has 0 aliphatic carbocycles.